The van der Waals surface area contributed by atoms with Crippen molar-refractivity contribution in [3.05, 3.63) is 78.6 Å². The van der Waals surface area contributed by atoms with Gasteiger partial charge < -0.3 is 9.47 Å². The molecular formula is C22H12F4N4O2. The van der Waals surface area contributed by atoms with E-state index in [0.717, 1.165) is 6.07 Å². The average Bonchev–Trinajstić information content (AvgIpc) is 3.19. The Labute approximate surface area is 177 Å². The van der Waals surface area contributed by atoms with Crippen molar-refractivity contribution in [2.24, 2.45) is 0 Å². The average molecular weight is 440 g/mol. The minimum absolute atomic E-state index is 0.00587. The number of fused-ring (bicyclic) bond motifs is 2. The Morgan fingerprint density at radius 2 is 1.62 bits per heavy atom. The highest BCUT2D eigenvalue weighted by atomic mass is 19.3. The van der Waals surface area contributed by atoms with Gasteiger partial charge in [-0.1, -0.05) is 0 Å². The first-order chi connectivity index (χ1) is 15.5. The fourth-order valence-electron chi connectivity index (χ4n) is 3.32. The maximum Gasteiger partial charge on any atom is 0.387 e. The summed E-state index contributed by atoms with van der Waals surface area (Å²) in [5.41, 5.74) is 0.945. The number of nitrogens with zero attached hydrogens (tertiary/aromatic N) is 4. The van der Waals surface area contributed by atoms with Gasteiger partial charge in [-0.15, -0.1) is 10.2 Å². The molecule has 0 saturated carbocycles. The van der Waals surface area contributed by atoms with Crippen LogP contribution in [0, 0.1) is 11.6 Å². The van der Waals surface area contributed by atoms with Crippen LogP contribution >= 0.6 is 0 Å². The summed E-state index contributed by atoms with van der Waals surface area (Å²) in [4.78, 5) is 4.08. The Balaban J connectivity index is 1.54. The highest BCUT2D eigenvalue weighted by molar-refractivity contribution is 5.84. The van der Waals surface area contributed by atoms with Crippen LogP contribution in [0.3, 0.4) is 0 Å². The van der Waals surface area contributed by atoms with E-state index >= 15 is 0 Å². The minimum Gasteiger partial charge on any atom is -0.439 e. The predicted octanol–water partition coefficient (Wildman–Crippen LogP) is 5.62. The van der Waals surface area contributed by atoms with Crippen molar-refractivity contribution in [2.45, 2.75) is 6.61 Å². The molecule has 2 aromatic heterocycles. The lowest BCUT2D eigenvalue weighted by atomic mass is 10.1. The number of alkyl halides is 2. The number of hydrogen-bond acceptors (Lipinski definition) is 5. The molecular weight excluding hydrogens is 428 g/mol. The SMILES string of the molecule is Fc1cc(F)c2ccc(Oc3cncc4nnc(-c5ccc(OC(F)F)cc5)n34)cc2c1. The van der Waals surface area contributed by atoms with Crippen LogP contribution in [0.5, 0.6) is 17.4 Å². The molecule has 160 valence electrons. The standard InChI is InChI=1S/C22H12F4N4O2/c23-14-7-13-8-16(5-6-17(13)18(24)9-14)31-20-11-27-10-19-28-29-21(30(19)20)12-1-3-15(4-2-12)32-22(25)26/h1-11,22H. The van der Waals surface area contributed by atoms with Crippen LogP contribution in [0.15, 0.2) is 67.0 Å². The Kier molecular flexibility index (Phi) is 4.81. The van der Waals surface area contributed by atoms with Crippen LogP contribution < -0.4 is 9.47 Å². The molecule has 3 aromatic carbocycles. The van der Waals surface area contributed by atoms with Crippen molar-refractivity contribution < 1.29 is 27.0 Å². The second kappa shape index (κ2) is 7.80. The van der Waals surface area contributed by atoms with Crippen molar-refractivity contribution in [3.63, 3.8) is 0 Å². The summed E-state index contributed by atoms with van der Waals surface area (Å²) in [6, 6.07) is 12.4. The number of benzene rings is 3. The lowest BCUT2D eigenvalue weighted by Crippen LogP contribution is -2.01. The van der Waals surface area contributed by atoms with E-state index in [2.05, 4.69) is 19.9 Å². The third-order valence-electron chi connectivity index (χ3n) is 4.68. The van der Waals surface area contributed by atoms with Crippen LogP contribution in [-0.2, 0) is 0 Å². The second-order valence-corrected chi connectivity index (χ2v) is 6.74. The highest BCUT2D eigenvalue weighted by Gasteiger charge is 2.15. The zero-order chi connectivity index (χ0) is 22.2. The van der Waals surface area contributed by atoms with E-state index in [-0.39, 0.29) is 17.0 Å². The number of rotatable bonds is 5. The first kappa shape index (κ1) is 19.7. The summed E-state index contributed by atoms with van der Waals surface area (Å²) >= 11 is 0. The zero-order valence-corrected chi connectivity index (χ0v) is 16.0. The van der Waals surface area contributed by atoms with Gasteiger partial charge in [0.1, 0.15) is 23.1 Å². The predicted molar refractivity (Wildman–Crippen MR) is 107 cm³/mol. The molecule has 0 spiro atoms. The Hall–Kier alpha value is -4.21. The molecule has 6 nitrogen and oxygen atoms in total. The van der Waals surface area contributed by atoms with Crippen LogP contribution in [0.4, 0.5) is 17.6 Å². The molecule has 5 aromatic rings. The molecule has 0 aliphatic carbocycles. The van der Waals surface area contributed by atoms with Gasteiger partial charge in [-0.3, -0.25) is 4.98 Å². The van der Waals surface area contributed by atoms with Crippen LogP contribution in [0.1, 0.15) is 0 Å². The van der Waals surface area contributed by atoms with E-state index in [1.165, 1.54) is 42.7 Å². The maximum absolute atomic E-state index is 13.9. The van der Waals surface area contributed by atoms with Crippen LogP contribution in [0.2, 0.25) is 0 Å². The van der Waals surface area contributed by atoms with Gasteiger partial charge >= 0.3 is 6.61 Å². The van der Waals surface area contributed by atoms with Gasteiger partial charge in [0.2, 0.25) is 5.88 Å². The molecule has 0 radical (unpaired) electrons. The van der Waals surface area contributed by atoms with Crippen LogP contribution in [0.25, 0.3) is 27.8 Å². The third-order valence-corrected chi connectivity index (χ3v) is 4.68. The molecule has 0 aliphatic rings. The molecule has 0 fully saturated rings. The van der Waals surface area contributed by atoms with Crippen molar-refractivity contribution in [3.8, 4) is 28.8 Å². The summed E-state index contributed by atoms with van der Waals surface area (Å²) in [5.74, 6) is -0.430. The summed E-state index contributed by atoms with van der Waals surface area (Å²) in [6.07, 6.45) is 2.91. The minimum atomic E-state index is -2.93. The number of aromatic nitrogens is 4. The van der Waals surface area contributed by atoms with Gasteiger partial charge in [0, 0.05) is 17.0 Å². The van der Waals surface area contributed by atoms with Gasteiger partial charge in [0.25, 0.3) is 0 Å². The number of hydrogen-bond donors (Lipinski definition) is 0. The molecule has 5 rings (SSSR count). The Morgan fingerprint density at radius 3 is 2.41 bits per heavy atom. The van der Waals surface area contributed by atoms with Crippen molar-refractivity contribution in [1.29, 1.82) is 0 Å². The number of halogens is 4. The van der Waals surface area contributed by atoms with Gasteiger partial charge in [-0.2, -0.15) is 8.78 Å². The topological polar surface area (TPSA) is 61.5 Å². The molecule has 0 saturated heterocycles. The van der Waals surface area contributed by atoms with Gasteiger partial charge in [-0.05, 0) is 53.9 Å². The summed E-state index contributed by atoms with van der Waals surface area (Å²) in [6.45, 7) is -2.93. The molecule has 0 aliphatic heterocycles. The molecule has 2 heterocycles. The van der Waals surface area contributed by atoms with E-state index < -0.39 is 18.2 Å². The third kappa shape index (κ3) is 3.66. The van der Waals surface area contributed by atoms with E-state index in [0.29, 0.717) is 28.2 Å². The molecule has 0 N–H and O–H groups in total. The second-order valence-electron chi connectivity index (χ2n) is 6.74. The fourth-order valence-corrected chi connectivity index (χ4v) is 3.32. The van der Waals surface area contributed by atoms with E-state index in [1.807, 2.05) is 0 Å². The molecule has 0 atom stereocenters. The fraction of sp³-hybridized carbons (Fsp3) is 0.0455. The van der Waals surface area contributed by atoms with Gasteiger partial charge in [0.05, 0.1) is 12.4 Å². The van der Waals surface area contributed by atoms with Crippen LogP contribution in [-0.4, -0.2) is 26.2 Å². The van der Waals surface area contributed by atoms with E-state index in [9.17, 15) is 17.6 Å². The molecule has 0 unspecified atom stereocenters. The summed E-state index contributed by atoms with van der Waals surface area (Å²) in [7, 11) is 0. The monoisotopic (exact) mass is 440 g/mol. The largest absolute Gasteiger partial charge is 0.439 e. The maximum atomic E-state index is 13.9. The van der Waals surface area contributed by atoms with Gasteiger partial charge in [0.15, 0.2) is 11.5 Å². The first-order valence-electron chi connectivity index (χ1n) is 9.29. The normalized spacial score (nSPS) is 11.4. The quantitative estimate of drug-likeness (QED) is 0.332. The van der Waals surface area contributed by atoms with E-state index in [1.54, 1.807) is 22.6 Å². The van der Waals surface area contributed by atoms with Crippen molar-refractivity contribution in [1.82, 2.24) is 19.6 Å². The molecule has 0 amide bonds. The lowest BCUT2D eigenvalue weighted by Gasteiger charge is -2.10. The lowest BCUT2D eigenvalue weighted by molar-refractivity contribution is -0.0498. The number of ether oxygens (including phenoxy) is 2. The van der Waals surface area contributed by atoms with E-state index in [4.69, 9.17) is 4.74 Å². The zero-order valence-electron chi connectivity index (χ0n) is 16.0. The molecule has 0 bridgehead atoms. The molecule has 32 heavy (non-hydrogen) atoms. The Bertz CT molecular complexity index is 1440. The summed E-state index contributed by atoms with van der Waals surface area (Å²) in [5, 5.41) is 8.79. The smallest absolute Gasteiger partial charge is 0.387 e. The van der Waals surface area contributed by atoms with Crippen molar-refractivity contribution >= 4 is 16.4 Å². The van der Waals surface area contributed by atoms with Crippen molar-refractivity contribution in [2.75, 3.05) is 0 Å². The molecule has 10 heteroatoms. The Morgan fingerprint density at radius 1 is 0.844 bits per heavy atom. The highest BCUT2D eigenvalue weighted by Crippen LogP contribution is 2.30. The van der Waals surface area contributed by atoms with Gasteiger partial charge in [-0.25, -0.2) is 13.2 Å². The summed E-state index contributed by atoms with van der Waals surface area (Å²) < 4.78 is 64.2. The first-order valence-corrected chi connectivity index (χ1v) is 9.29.